The number of hydrogen-bond donors (Lipinski definition) is 0. The Bertz CT molecular complexity index is 216. The van der Waals surface area contributed by atoms with E-state index in [0.29, 0.717) is 19.1 Å². The molecule has 2 unspecified atom stereocenters. The molecule has 0 bridgehead atoms. The monoisotopic (exact) mass is 242 g/mol. The molecule has 2 atom stereocenters. The molecule has 0 aromatic rings. The first kappa shape index (κ1) is 14.5. The maximum absolute atomic E-state index is 11.2. The topological polar surface area (TPSA) is 38.8 Å². The maximum atomic E-state index is 11.2. The number of rotatable bonds is 10. The molecular formula is C14H26O3. The Morgan fingerprint density at radius 2 is 1.76 bits per heavy atom. The summed E-state index contributed by atoms with van der Waals surface area (Å²) < 4.78 is 10.4. The van der Waals surface area contributed by atoms with Crippen LogP contribution < -0.4 is 0 Å². The van der Waals surface area contributed by atoms with E-state index in [1.807, 2.05) is 6.92 Å². The first-order chi connectivity index (χ1) is 8.27. The summed E-state index contributed by atoms with van der Waals surface area (Å²) in [6.07, 6.45) is 9.88. The summed E-state index contributed by atoms with van der Waals surface area (Å²) >= 11 is 0. The van der Waals surface area contributed by atoms with Gasteiger partial charge < -0.3 is 9.47 Å². The minimum Gasteiger partial charge on any atom is -0.466 e. The SMILES string of the molecule is CCCCCCCCC1OC1CC(=O)OCC. The van der Waals surface area contributed by atoms with Crippen LogP contribution in [0.3, 0.4) is 0 Å². The molecule has 1 saturated heterocycles. The van der Waals surface area contributed by atoms with Gasteiger partial charge in [-0.05, 0) is 13.3 Å². The van der Waals surface area contributed by atoms with E-state index >= 15 is 0 Å². The van der Waals surface area contributed by atoms with Crippen molar-refractivity contribution in [2.75, 3.05) is 6.61 Å². The fraction of sp³-hybridized carbons (Fsp3) is 0.929. The average Bonchev–Trinajstić information content (AvgIpc) is 3.02. The van der Waals surface area contributed by atoms with Gasteiger partial charge in [-0.2, -0.15) is 0 Å². The Hall–Kier alpha value is -0.570. The third kappa shape index (κ3) is 6.67. The number of hydrogen-bond acceptors (Lipinski definition) is 3. The molecule has 0 aliphatic carbocycles. The molecule has 1 fully saturated rings. The Labute approximate surface area is 105 Å². The predicted octanol–water partition coefficient (Wildman–Crippen LogP) is 3.46. The molecule has 3 nitrogen and oxygen atoms in total. The highest BCUT2D eigenvalue weighted by atomic mass is 16.6. The van der Waals surface area contributed by atoms with Crippen molar-refractivity contribution in [3.63, 3.8) is 0 Å². The van der Waals surface area contributed by atoms with Gasteiger partial charge in [0.25, 0.3) is 0 Å². The van der Waals surface area contributed by atoms with E-state index in [2.05, 4.69) is 6.92 Å². The smallest absolute Gasteiger partial charge is 0.308 e. The number of carbonyl (C=O) groups excluding carboxylic acids is 1. The summed E-state index contributed by atoms with van der Waals surface area (Å²) in [4.78, 5) is 11.2. The fourth-order valence-corrected chi connectivity index (χ4v) is 2.12. The highest BCUT2D eigenvalue weighted by Gasteiger charge is 2.39. The summed E-state index contributed by atoms with van der Waals surface area (Å²) in [5, 5.41) is 0. The largest absolute Gasteiger partial charge is 0.466 e. The van der Waals surface area contributed by atoms with E-state index in [9.17, 15) is 4.79 Å². The van der Waals surface area contributed by atoms with Gasteiger partial charge in [-0.25, -0.2) is 0 Å². The summed E-state index contributed by atoms with van der Waals surface area (Å²) in [5.41, 5.74) is 0. The van der Waals surface area contributed by atoms with Crippen molar-refractivity contribution in [1.82, 2.24) is 0 Å². The van der Waals surface area contributed by atoms with Gasteiger partial charge >= 0.3 is 5.97 Å². The van der Waals surface area contributed by atoms with Gasteiger partial charge in [0.2, 0.25) is 0 Å². The van der Waals surface area contributed by atoms with Crippen molar-refractivity contribution < 1.29 is 14.3 Å². The summed E-state index contributed by atoms with van der Waals surface area (Å²) in [5.74, 6) is -0.122. The van der Waals surface area contributed by atoms with Gasteiger partial charge in [-0.15, -0.1) is 0 Å². The van der Waals surface area contributed by atoms with Crippen LogP contribution in [0.25, 0.3) is 0 Å². The molecular weight excluding hydrogens is 216 g/mol. The van der Waals surface area contributed by atoms with Crippen LogP contribution in [0.15, 0.2) is 0 Å². The lowest BCUT2D eigenvalue weighted by Gasteiger charge is -1.99. The molecule has 0 radical (unpaired) electrons. The van der Waals surface area contributed by atoms with Crippen molar-refractivity contribution in [2.24, 2.45) is 0 Å². The van der Waals surface area contributed by atoms with Crippen molar-refractivity contribution >= 4 is 5.97 Å². The molecule has 1 aliphatic heterocycles. The van der Waals surface area contributed by atoms with Crippen molar-refractivity contribution in [1.29, 1.82) is 0 Å². The third-order valence-corrected chi connectivity index (χ3v) is 3.20. The third-order valence-electron chi connectivity index (χ3n) is 3.20. The molecule has 0 N–H and O–H groups in total. The van der Waals surface area contributed by atoms with Gasteiger partial charge in [0.1, 0.15) is 0 Å². The van der Waals surface area contributed by atoms with E-state index in [1.165, 1.54) is 38.5 Å². The lowest BCUT2D eigenvalue weighted by molar-refractivity contribution is -0.143. The number of esters is 1. The summed E-state index contributed by atoms with van der Waals surface area (Å²) in [6.45, 7) is 4.53. The predicted molar refractivity (Wildman–Crippen MR) is 67.9 cm³/mol. The molecule has 0 amide bonds. The number of ether oxygens (including phenoxy) is 2. The van der Waals surface area contributed by atoms with E-state index in [0.717, 1.165) is 6.42 Å². The van der Waals surface area contributed by atoms with Crippen molar-refractivity contribution in [2.45, 2.75) is 77.4 Å². The molecule has 0 aromatic heterocycles. The zero-order valence-corrected chi connectivity index (χ0v) is 11.2. The van der Waals surface area contributed by atoms with Gasteiger partial charge in [-0.1, -0.05) is 45.4 Å². The van der Waals surface area contributed by atoms with Crippen LogP contribution in [0.1, 0.15) is 65.2 Å². The first-order valence-electron chi connectivity index (χ1n) is 7.09. The van der Waals surface area contributed by atoms with Crippen LogP contribution in [-0.2, 0) is 14.3 Å². The molecule has 100 valence electrons. The minimum absolute atomic E-state index is 0.122. The summed E-state index contributed by atoms with van der Waals surface area (Å²) in [7, 11) is 0. The maximum Gasteiger partial charge on any atom is 0.308 e. The Balaban J connectivity index is 1.89. The quantitative estimate of drug-likeness (QED) is 0.334. The second kappa shape index (κ2) is 8.51. The average molecular weight is 242 g/mol. The van der Waals surface area contributed by atoms with Crippen LogP contribution in [0.5, 0.6) is 0 Å². The van der Waals surface area contributed by atoms with Crippen LogP contribution in [0.2, 0.25) is 0 Å². The van der Waals surface area contributed by atoms with Crippen LogP contribution in [-0.4, -0.2) is 24.8 Å². The standard InChI is InChI=1S/C14H26O3/c1-3-5-6-7-8-9-10-12-13(17-12)11-14(15)16-4-2/h12-13H,3-11H2,1-2H3. The Kier molecular flexibility index (Phi) is 7.25. The summed E-state index contributed by atoms with van der Waals surface area (Å²) in [6, 6.07) is 0. The van der Waals surface area contributed by atoms with Gasteiger partial charge in [0, 0.05) is 0 Å². The molecule has 1 heterocycles. The molecule has 0 aromatic carbocycles. The van der Waals surface area contributed by atoms with Crippen LogP contribution in [0.4, 0.5) is 0 Å². The van der Waals surface area contributed by atoms with Gasteiger partial charge in [-0.3, -0.25) is 4.79 Å². The second-order valence-electron chi connectivity index (χ2n) is 4.78. The minimum atomic E-state index is -0.122. The normalized spacial score (nSPS) is 22.5. The lowest BCUT2D eigenvalue weighted by Crippen LogP contribution is -2.08. The van der Waals surface area contributed by atoms with E-state index in [1.54, 1.807) is 0 Å². The molecule has 1 aliphatic rings. The number of unbranched alkanes of at least 4 members (excludes halogenated alkanes) is 5. The number of carbonyl (C=O) groups is 1. The number of epoxide rings is 1. The van der Waals surface area contributed by atoms with Crippen molar-refractivity contribution in [3.8, 4) is 0 Å². The first-order valence-corrected chi connectivity index (χ1v) is 7.09. The molecule has 0 saturated carbocycles. The molecule has 0 spiro atoms. The molecule has 1 rings (SSSR count). The van der Waals surface area contributed by atoms with Gasteiger partial charge in [0.15, 0.2) is 0 Å². The lowest BCUT2D eigenvalue weighted by atomic mass is 10.1. The van der Waals surface area contributed by atoms with Crippen molar-refractivity contribution in [3.05, 3.63) is 0 Å². The zero-order chi connectivity index (χ0) is 12.5. The zero-order valence-electron chi connectivity index (χ0n) is 11.2. The highest BCUT2D eigenvalue weighted by Crippen LogP contribution is 2.30. The van der Waals surface area contributed by atoms with Crippen LogP contribution >= 0.6 is 0 Å². The van der Waals surface area contributed by atoms with Gasteiger partial charge in [0.05, 0.1) is 25.2 Å². The molecule has 17 heavy (non-hydrogen) atoms. The van der Waals surface area contributed by atoms with E-state index in [-0.39, 0.29) is 12.1 Å². The Morgan fingerprint density at radius 3 is 2.47 bits per heavy atom. The molecule has 3 heteroatoms. The second-order valence-corrected chi connectivity index (χ2v) is 4.78. The van der Waals surface area contributed by atoms with Crippen LogP contribution in [0, 0.1) is 0 Å². The Morgan fingerprint density at radius 1 is 1.06 bits per heavy atom. The van der Waals surface area contributed by atoms with E-state index in [4.69, 9.17) is 9.47 Å². The highest BCUT2D eigenvalue weighted by molar-refractivity contribution is 5.70. The van der Waals surface area contributed by atoms with E-state index < -0.39 is 0 Å². The fourth-order valence-electron chi connectivity index (χ4n) is 2.12.